The summed E-state index contributed by atoms with van der Waals surface area (Å²) in [6.45, 7) is 1.94. The van der Waals surface area contributed by atoms with Crippen molar-refractivity contribution < 1.29 is 4.79 Å². The molecule has 1 amide bonds. The summed E-state index contributed by atoms with van der Waals surface area (Å²) in [6, 6.07) is 11.6. The number of hydrogen-bond acceptors (Lipinski definition) is 3. The van der Waals surface area contributed by atoms with Crippen LogP contribution in [0.1, 0.15) is 48.0 Å². The Balaban J connectivity index is 1.76. The van der Waals surface area contributed by atoms with Gasteiger partial charge in [-0.25, -0.2) is 4.79 Å². The maximum absolute atomic E-state index is 13.0. The number of benzene rings is 2. The second-order valence-corrected chi connectivity index (χ2v) is 9.23. The zero-order chi connectivity index (χ0) is 20.5. The van der Waals surface area contributed by atoms with E-state index in [2.05, 4.69) is 11.4 Å². The summed E-state index contributed by atoms with van der Waals surface area (Å²) in [5.74, 6) is -0.117. The van der Waals surface area contributed by atoms with Gasteiger partial charge >= 0.3 is 5.69 Å². The highest BCUT2D eigenvalue weighted by Crippen LogP contribution is 2.39. The molecule has 5 nitrogen and oxygen atoms in total. The number of thioether (sulfide) groups is 1. The molecule has 1 heterocycles. The van der Waals surface area contributed by atoms with Gasteiger partial charge in [0.05, 0.1) is 16.7 Å². The van der Waals surface area contributed by atoms with Gasteiger partial charge in [-0.3, -0.25) is 13.9 Å². The van der Waals surface area contributed by atoms with E-state index in [1.807, 2.05) is 49.0 Å². The van der Waals surface area contributed by atoms with Gasteiger partial charge in [0.25, 0.3) is 5.91 Å². The Labute approximate surface area is 175 Å². The van der Waals surface area contributed by atoms with Crippen molar-refractivity contribution in [1.29, 1.82) is 0 Å². The van der Waals surface area contributed by atoms with Crippen molar-refractivity contribution in [3.05, 3.63) is 58.0 Å². The molecule has 0 atom stereocenters. The van der Waals surface area contributed by atoms with Crippen molar-refractivity contribution in [3.8, 4) is 0 Å². The minimum Gasteiger partial charge on any atom is -0.321 e. The molecule has 1 aliphatic rings. The first kappa shape index (κ1) is 19.8. The van der Waals surface area contributed by atoms with Crippen LogP contribution in [-0.4, -0.2) is 20.3 Å². The molecule has 1 aliphatic carbocycles. The highest BCUT2D eigenvalue weighted by atomic mass is 32.2. The van der Waals surface area contributed by atoms with Gasteiger partial charge in [0, 0.05) is 29.8 Å². The highest BCUT2D eigenvalue weighted by Gasteiger charge is 2.20. The van der Waals surface area contributed by atoms with Crippen LogP contribution >= 0.6 is 11.8 Å². The van der Waals surface area contributed by atoms with Crippen LogP contribution in [0.2, 0.25) is 0 Å². The number of anilines is 1. The van der Waals surface area contributed by atoms with Gasteiger partial charge in [0.15, 0.2) is 0 Å². The van der Waals surface area contributed by atoms with E-state index in [1.54, 1.807) is 23.2 Å². The normalized spacial score (nSPS) is 15.0. The molecular weight excluding hydrogens is 382 g/mol. The molecule has 0 aliphatic heterocycles. The third-order valence-electron chi connectivity index (χ3n) is 5.86. The van der Waals surface area contributed by atoms with Crippen molar-refractivity contribution in [2.75, 3.05) is 5.32 Å². The number of hydrogen-bond donors (Lipinski definition) is 1. The van der Waals surface area contributed by atoms with E-state index in [0.29, 0.717) is 10.8 Å². The standard InChI is InChI=1S/C23H27N3O2S/c1-15-9-7-8-12-17(15)22(27)24-18-13-19-20(26(3)23(28)25(19)2)14-21(18)29-16-10-5-4-6-11-16/h7-9,12-14,16H,4-6,10-11H2,1-3H3,(H,24,27). The molecule has 0 bridgehead atoms. The molecule has 1 N–H and O–H groups in total. The first-order valence-electron chi connectivity index (χ1n) is 10.2. The molecule has 1 fully saturated rings. The molecule has 1 aromatic heterocycles. The topological polar surface area (TPSA) is 56.0 Å². The lowest BCUT2D eigenvalue weighted by molar-refractivity contribution is 0.102. The summed E-state index contributed by atoms with van der Waals surface area (Å²) in [7, 11) is 3.57. The van der Waals surface area contributed by atoms with Crippen molar-refractivity contribution in [2.24, 2.45) is 14.1 Å². The van der Waals surface area contributed by atoms with Crippen molar-refractivity contribution >= 4 is 34.4 Å². The van der Waals surface area contributed by atoms with Gasteiger partial charge in [-0.15, -0.1) is 11.8 Å². The lowest BCUT2D eigenvalue weighted by atomic mass is 10.0. The molecule has 1 saturated carbocycles. The molecule has 0 radical (unpaired) electrons. The molecule has 0 saturated heterocycles. The van der Waals surface area contributed by atoms with Crippen LogP contribution in [0, 0.1) is 6.92 Å². The summed E-state index contributed by atoms with van der Waals surface area (Å²) in [6.07, 6.45) is 6.21. The quantitative estimate of drug-likeness (QED) is 0.669. The number of nitrogens with zero attached hydrogens (tertiary/aromatic N) is 2. The van der Waals surface area contributed by atoms with Crippen LogP contribution < -0.4 is 11.0 Å². The smallest absolute Gasteiger partial charge is 0.321 e. The Bertz CT molecular complexity index is 1120. The molecule has 29 heavy (non-hydrogen) atoms. The summed E-state index contributed by atoms with van der Waals surface area (Å²) < 4.78 is 3.31. The van der Waals surface area contributed by atoms with E-state index in [9.17, 15) is 9.59 Å². The summed E-state index contributed by atoms with van der Waals surface area (Å²) in [5, 5.41) is 3.67. The van der Waals surface area contributed by atoms with E-state index in [0.717, 1.165) is 27.2 Å². The van der Waals surface area contributed by atoms with Gasteiger partial charge < -0.3 is 5.32 Å². The largest absolute Gasteiger partial charge is 0.328 e. The molecule has 2 aromatic carbocycles. The number of nitrogens with one attached hydrogen (secondary N) is 1. The second-order valence-electron chi connectivity index (χ2n) is 7.88. The first-order chi connectivity index (χ1) is 14.0. The molecule has 152 valence electrons. The molecule has 0 unspecified atom stereocenters. The number of carbonyl (C=O) groups excluding carboxylic acids is 1. The Morgan fingerprint density at radius 1 is 1.03 bits per heavy atom. The van der Waals surface area contributed by atoms with Gasteiger partial charge in [0.2, 0.25) is 0 Å². The van der Waals surface area contributed by atoms with Gasteiger partial charge in [-0.2, -0.15) is 0 Å². The summed E-state index contributed by atoms with van der Waals surface area (Å²) in [4.78, 5) is 26.4. The monoisotopic (exact) mass is 409 g/mol. The zero-order valence-electron chi connectivity index (χ0n) is 17.2. The van der Waals surface area contributed by atoms with Crippen LogP contribution in [0.3, 0.4) is 0 Å². The van der Waals surface area contributed by atoms with Crippen molar-refractivity contribution in [1.82, 2.24) is 9.13 Å². The van der Waals surface area contributed by atoms with E-state index in [1.165, 1.54) is 32.1 Å². The number of aromatic nitrogens is 2. The average molecular weight is 410 g/mol. The lowest BCUT2D eigenvalue weighted by Crippen LogP contribution is -2.19. The lowest BCUT2D eigenvalue weighted by Gasteiger charge is -2.22. The molecule has 6 heteroatoms. The van der Waals surface area contributed by atoms with Gasteiger partial charge in [0.1, 0.15) is 0 Å². The van der Waals surface area contributed by atoms with Crippen molar-refractivity contribution in [2.45, 2.75) is 49.2 Å². The van der Waals surface area contributed by atoms with Crippen LogP contribution in [0.15, 0.2) is 46.1 Å². The average Bonchev–Trinajstić information content (AvgIpc) is 2.93. The van der Waals surface area contributed by atoms with E-state index in [4.69, 9.17) is 0 Å². The SMILES string of the molecule is Cc1ccccc1C(=O)Nc1cc2c(cc1SC1CCCCC1)n(C)c(=O)n2C. The van der Waals surface area contributed by atoms with Gasteiger partial charge in [-0.1, -0.05) is 37.5 Å². The zero-order valence-corrected chi connectivity index (χ0v) is 18.0. The second kappa shape index (κ2) is 8.11. The fourth-order valence-corrected chi connectivity index (χ4v) is 5.45. The van der Waals surface area contributed by atoms with Gasteiger partial charge in [-0.05, 0) is 43.5 Å². The minimum absolute atomic E-state index is 0.0593. The highest BCUT2D eigenvalue weighted by molar-refractivity contribution is 8.00. The Hall–Kier alpha value is -2.47. The van der Waals surface area contributed by atoms with Crippen LogP contribution in [0.25, 0.3) is 11.0 Å². The number of carbonyl (C=O) groups is 1. The number of amides is 1. The van der Waals surface area contributed by atoms with E-state index < -0.39 is 0 Å². The predicted octanol–water partition coefficient (Wildman–Crippen LogP) is 4.86. The minimum atomic E-state index is -0.117. The maximum atomic E-state index is 13.0. The fraction of sp³-hybridized carbons (Fsp3) is 0.391. The number of aryl methyl sites for hydroxylation is 3. The van der Waals surface area contributed by atoms with E-state index >= 15 is 0 Å². The number of fused-ring (bicyclic) bond motifs is 1. The summed E-state index contributed by atoms with van der Waals surface area (Å²) >= 11 is 1.83. The molecule has 0 spiro atoms. The molecule has 3 aromatic rings. The third kappa shape index (κ3) is 3.86. The van der Waals surface area contributed by atoms with E-state index in [-0.39, 0.29) is 11.6 Å². The Kier molecular flexibility index (Phi) is 5.54. The Morgan fingerprint density at radius 2 is 1.69 bits per heavy atom. The van der Waals surface area contributed by atoms with Crippen LogP contribution in [0.4, 0.5) is 5.69 Å². The first-order valence-corrected chi connectivity index (χ1v) is 11.1. The van der Waals surface area contributed by atoms with Crippen molar-refractivity contribution in [3.63, 3.8) is 0 Å². The predicted molar refractivity (Wildman–Crippen MR) is 120 cm³/mol. The molecular formula is C23H27N3O2S. The maximum Gasteiger partial charge on any atom is 0.328 e. The number of imidazole rings is 1. The van der Waals surface area contributed by atoms with Crippen LogP contribution in [0.5, 0.6) is 0 Å². The summed E-state index contributed by atoms with van der Waals surface area (Å²) in [5.41, 5.74) is 4.05. The third-order valence-corrected chi connectivity index (χ3v) is 7.25. The van der Waals surface area contributed by atoms with Crippen LogP contribution in [-0.2, 0) is 14.1 Å². The fourth-order valence-electron chi connectivity index (χ4n) is 4.10. The molecule has 4 rings (SSSR count). The number of rotatable bonds is 4. The Morgan fingerprint density at radius 3 is 2.38 bits per heavy atom.